The summed E-state index contributed by atoms with van der Waals surface area (Å²) in [6.07, 6.45) is 3.00. The van der Waals surface area contributed by atoms with Crippen molar-refractivity contribution in [3.05, 3.63) is 76.6 Å². The Labute approximate surface area is 170 Å². The van der Waals surface area contributed by atoms with Crippen molar-refractivity contribution in [3.8, 4) is 0 Å². The number of hydrogen-bond acceptors (Lipinski definition) is 4. The van der Waals surface area contributed by atoms with Crippen LogP contribution in [0.1, 0.15) is 42.3 Å². The van der Waals surface area contributed by atoms with Crippen LogP contribution in [-0.2, 0) is 5.41 Å². The molecule has 0 aliphatic heterocycles. The molecule has 0 radical (unpaired) electrons. The van der Waals surface area contributed by atoms with Crippen molar-refractivity contribution in [2.45, 2.75) is 33.1 Å². The first-order valence-electron chi connectivity index (χ1n) is 8.99. The van der Waals surface area contributed by atoms with E-state index < -0.39 is 0 Å². The van der Waals surface area contributed by atoms with E-state index in [2.05, 4.69) is 53.5 Å². The van der Waals surface area contributed by atoms with Gasteiger partial charge in [-0.3, -0.25) is 4.79 Å². The Hall–Kier alpha value is -2.92. The van der Waals surface area contributed by atoms with Crippen molar-refractivity contribution < 1.29 is 4.79 Å². The number of carbonyl (C=O) groups excluding carboxylic acids is 1. The standard InChI is InChI=1S/C22H23ClN4O/c1-14-11-17(23)7-10-19(14)27-20(28)15-12-24-21(25-13-15)26-18-8-5-16(6-9-18)22(2,3)4/h5-13H,1-4H3,(H,27,28)(H,24,25,26). The molecule has 1 heterocycles. The van der Waals surface area contributed by atoms with E-state index >= 15 is 0 Å². The maximum atomic E-state index is 12.4. The van der Waals surface area contributed by atoms with Crippen LogP contribution in [0.15, 0.2) is 54.9 Å². The molecule has 1 amide bonds. The summed E-state index contributed by atoms with van der Waals surface area (Å²) < 4.78 is 0. The molecule has 1 aromatic heterocycles. The molecule has 0 aliphatic carbocycles. The van der Waals surface area contributed by atoms with Gasteiger partial charge in [0.15, 0.2) is 0 Å². The summed E-state index contributed by atoms with van der Waals surface area (Å²) in [5.41, 5.74) is 4.22. The number of anilines is 3. The molecule has 0 spiro atoms. The molecule has 0 aliphatic rings. The SMILES string of the molecule is Cc1cc(Cl)ccc1NC(=O)c1cnc(Nc2ccc(C(C)(C)C)cc2)nc1. The topological polar surface area (TPSA) is 66.9 Å². The number of benzene rings is 2. The zero-order chi connectivity index (χ0) is 20.3. The summed E-state index contributed by atoms with van der Waals surface area (Å²) in [4.78, 5) is 20.9. The lowest BCUT2D eigenvalue weighted by molar-refractivity contribution is 0.102. The van der Waals surface area contributed by atoms with Crippen LogP contribution in [-0.4, -0.2) is 15.9 Å². The monoisotopic (exact) mass is 394 g/mol. The lowest BCUT2D eigenvalue weighted by Gasteiger charge is -2.19. The highest BCUT2D eigenvalue weighted by Crippen LogP contribution is 2.24. The number of hydrogen-bond donors (Lipinski definition) is 2. The Morgan fingerprint density at radius 1 is 1.00 bits per heavy atom. The lowest BCUT2D eigenvalue weighted by atomic mass is 9.87. The van der Waals surface area contributed by atoms with Crippen molar-refractivity contribution in [2.24, 2.45) is 0 Å². The van der Waals surface area contributed by atoms with E-state index in [0.29, 0.717) is 22.2 Å². The normalized spacial score (nSPS) is 11.2. The van der Waals surface area contributed by atoms with Crippen LogP contribution in [0.4, 0.5) is 17.3 Å². The van der Waals surface area contributed by atoms with Gasteiger partial charge in [0.2, 0.25) is 5.95 Å². The molecule has 0 saturated carbocycles. The fourth-order valence-corrected chi connectivity index (χ4v) is 2.88. The molecule has 3 rings (SSSR count). The first-order valence-corrected chi connectivity index (χ1v) is 9.37. The van der Waals surface area contributed by atoms with Gasteiger partial charge < -0.3 is 10.6 Å². The molecule has 2 aromatic carbocycles. The second kappa shape index (κ2) is 7.98. The van der Waals surface area contributed by atoms with Gasteiger partial charge in [0.05, 0.1) is 5.56 Å². The van der Waals surface area contributed by atoms with Gasteiger partial charge in [-0.1, -0.05) is 44.5 Å². The van der Waals surface area contributed by atoms with E-state index in [0.717, 1.165) is 11.3 Å². The third kappa shape index (κ3) is 4.87. The van der Waals surface area contributed by atoms with E-state index in [1.165, 1.54) is 18.0 Å². The highest BCUT2D eigenvalue weighted by atomic mass is 35.5. The number of carbonyl (C=O) groups is 1. The number of halogens is 1. The molecular weight excluding hydrogens is 372 g/mol. The number of nitrogens with zero attached hydrogens (tertiary/aromatic N) is 2. The third-order valence-electron chi connectivity index (χ3n) is 4.36. The average Bonchev–Trinajstić information content (AvgIpc) is 2.64. The maximum Gasteiger partial charge on any atom is 0.258 e. The lowest BCUT2D eigenvalue weighted by Crippen LogP contribution is -2.14. The van der Waals surface area contributed by atoms with Gasteiger partial charge in [0.1, 0.15) is 0 Å². The molecule has 0 saturated heterocycles. The molecule has 28 heavy (non-hydrogen) atoms. The van der Waals surface area contributed by atoms with Gasteiger partial charge in [0.25, 0.3) is 5.91 Å². The highest BCUT2D eigenvalue weighted by molar-refractivity contribution is 6.30. The Bertz CT molecular complexity index is 977. The minimum Gasteiger partial charge on any atom is -0.324 e. The average molecular weight is 395 g/mol. The van der Waals surface area contributed by atoms with Crippen LogP contribution in [0.25, 0.3) is 0 Å². The second-order valence-electron chi connectivity index (χ2n) is 7.66. The van der Waals surface area contributed by atoms with Crippen molar-refractivity contribution >= 4 is 34.8 Å². The molecule has 6 heteroatoms. The molecule has 3 aromatic rings. The number of nitrogens with one attached hydrogen (secondary N) is 2. The summed E-state index contributed by atoms with van der Waals surface area (Å²) in [7, 11) is 0. The Morgan fingerprint density at radius 3 is 2.21 bits per heavy atom. The van der Waals surface area contributed by atoms with Gasteiger partial charge >= 0.3 is 0 Å². The summed E-state index contributed by atoms with van der Waals surface area (Å²) in [6, 6.07) is 13.5. The van der Waals surface area contributed by atoms with Gasteiger partial charge in [-0.25, -0.2) is 9.97 Å². The molecule has 0 fully saturated rings. The summed E-state index contributed by atoms with van der Waals surface area (Å²) in [6.45, 7) is 8.41. The van der Waals surface area contributed by atoms with E-state index in [1.807, 2.05) is 19.1 Å². The van der Waals surface area contributed by atoms with Gasteiger partial charge in [-0.15, -0.1) is 0 Å². The first kappa shape index (κ1) is 19.8. The molecule has 0 atom stereocenters. The van der Waals surface area contributed by atoms with Crippen molar-refractivity contribution in [1.82, 2.24) is 9.97 Å². The van der Waals surface area contributed by atoms with Crippen LogP contribution in [0, 0.1) is 6.92 Å². The fraction of sp³-hybridized carbons (Fsp3) is 0.227. The molecular formula is C22H23ClN4O. The minimum absolute atomic E-state index is 0.104. The highest BCUT2D eigenvalue weighted by Gasteiger charge is 2.13. The van der Waals surface area contributed by atoms with E-state index in [1.54, 1.807) is 18.2 Å². The number of aryl methyl sites for hydroxylation is 1. The summed E-state index contributed by atoms with van der Waals surface area (Å²) in [5.74, 6) is 0.161. The predicted octanol–water partition coefficient (Wildman–Crippen LogP) is 5.73. The van der Waals surface area contributed by atoms with Crippen molar-refractivity contribution in [2.75, 3.05) is 10.6 Å². The van der Waals surface area contributed by atoms with E-state index in [-0.39, 0.29) is 11.3 Å². The zero-order valence-corrected chi connectivity index (χ0v) is 17.1. The fourth-order valence-electron chi connectivity index (χ4n) is 2.65. The number of rotatable bonds is 4. The minimum atomic E-state index is -0.272. The van der Waals surface area contributed by atoms with Crippen LogP contribution in [0.3, 0.4) is 0 Å². The Balaban J connectivity index is 1.66. The predicted molar refractivity (Wildman–Crippen MR) is 115 cm³/mol. The van der Waals surface area contributed by atoms with Crippen LogP contribution in [0.2, 0.25) is 5.02 Å². The Kier molecular flexibility index (Phi) is 5.66. The maximum absolute atomic E-state index is 12.4. The smallest absolute Gasteiger partial charge is 0.258 e. The summed E-state index contributed by atoms with van der Waals surface area (Å²) >= 11 is 5.95. The van der Waals surface area contributed by atoms with E-state index in [9.17, 15) is 4.79 Å². The van der Waals surface area contributed by atoms with Crippen LogP contribution >= 0.6 is 11.6 Å². The third-order valence-corrected chi connectivity index (χ3v) is 4.59. The molecule has 0 bridgehead atoms. The number of aromatic nitrogens is 2. The molecule has 144 valence electrons. The second-order valence-corrected chi connectivity index (χ2v) is 8.10. The van der Waals surface area contributed by atoms with Crippen LogP contribution in [0.5, 0.6) is 0 Å². The number of amides is 1. The van der Waals surface area contributed by atoms with Crippen LogP contribution < -0.4 is 10.6 Å². The quantitative estimate of drug-likeness (QED) is 0.592. The molecule has 2 N–H and O–H groups in total. The summed E-state index contributed by atoms with van der Waals surface area (Å²) in [5, 5.41) is 6.62. The Morgan fingerprint density at radius 2 is 1.64 bits per heavy atom. The largest absolute Gasteiger partial charge is 0.324 e. The molecule has 5 nitrogen and oxygen atoms in total. The van der Waals surface area contributed by atoms with Gasteiger partial charge in [-0.2, -0.15) is 0 Å². The first-order chi connectivity index (χ1) is 13.2. The zero-order valence-electron chi connectivity index (χ0n) is 16.4. The van der Waals surface area contributed by atoms with Gasteiger partial charge in [-0.05, 0) is 53.8 Å². The molecule has 0 unspecified atom stereocenters. The van der Waals surface area contributed by atoms with E-state index in [4.69, 9.17) is 11.6 Å². The van der Waals surface area contributed by atoms with Gasteiger partial charge in [0, 0.05) is 28.8 Å². The van der Waals surface area contributed by atoms with Crippen molar-refractivity contribution in [3.63, 3.8) is 0 Å². The van der Waals surface area contributed by atoms with Crippen molar-refractivity contribution in [1.29, 1.82) is 0 Å².